The van der Waals surface area contributed by atoms with Gasteiger partial charge in [-0.15, -0.1) is 0 Å². The molecule has 3 rings (SSSR count). The Morgan fingerprint density at radius 3 is 1.97 bits per heavy atom. The summed E-state index contributed by atoms with van der Waals surface area (Å²) in [7, 11) is 0. The van der Waals surface area contributed by atoms with Crippen molar-refractivity contribution in [2.45, 2.75) is 70.9 Å². The van der Waals surface area contributed by atoms with Crippen LogP contribution in [0.3, 0.4) is 0 Å². The molecule has 0 radical (unpaired) electrons. The van der Waals surface area contributed by atoms with Crippen LogP contribution < -0.4 is 5.32 Å². The molecular weight excluding hydrogens is 384 g/mol. The van der Waals surface area contributed by atoms with Crippen LogP contribution in [0.1, 0.15) is 69.4 Å². The highest BCUT2D eigenvalue weighted by Gasteiger charge is 2.27. The number of hydrogen-bond donors (Lipinski definition) is 3. The summed E-state index contributed by atoms with van der Waals surface area (Å²) in [5.41, 5.74) is 2.79. The molecule has 0 unspecified atom stereocenters. The van der Waals surface area contributed by atoms with Gasteiger partial charge < -0.3 is 15.5 Å². The summed E-state index contributed by atoms with van der Waals surface area (Å²) in [6.07, 6.45) is 6.91. The number of carboxylic acids is 2. The number of carbonyl (C=O) groups excluding carboxylic acids is 1. The van der Waals surface area contributed by atoms with Gasteiger partial charge in [-0.3, -0.25) is 9.69 Å². The molecule has 0 spiro atoms. The van der Waals surface area contributed by atoms with Gasteiger partial charge in [0.25, 0.3) is 0 Å². The minimum Gasteiger partial charge on any atom is -0.473 e. The summed E-state index contributed by atoms with van der Waals surface area (Å²) in [6, 6.07) is 9.47. The van der Waals surface area contributed by atoms with Crippen molar-refractivity contribution >= 4 is 17.8 Å². The van der Waals surface area contributed by atoms with Crippen molar-refractivity contribution in [3.63, 3.8) is 0 Å². The molecular formula is C23H34N2O5. The lowest BCUT2D eigenvalue weighted by Crippen LogP contribution is -2.42. The predicted octanol–water partition coefficient (Wildman–Crippen LogP) is 3.24. The summed E-state index contributed by atoms with van der Waals surface area (Å²) in [5.74, 6) is -2.52. The van der Waals surface area contributed by atoms with Crippen LogP contribution in [-0.4, -0.2) is 52.1 Å². The highest BCUT2D eigenvalue weighted by molar-refractivity contribution is 6.27. The number of nitrogens with one attached hydrogen (secondary N) is 1. The number of rotatable bonds is 5. The Labute approximate surface area is 178 Å². The van der Waals surface area contributed by atoms with E-state index in [1.165, 1.54) is 36.8 Å². The SMILES string of the molecule is CC(C)c1ccc(CN2CCC(C(=O)NC3CCCC3)CC2)cc1.O=C(O)C(=O)O. The molecule has 7 heteroatoms. The lowest BCUT2D eigenvalue weighted by molar-refractivity contribution is -0.159. The topological polar surface area (TPSA) is 107 Å². The first-order valence-electron chi connectivity index (χ1n) is 10.8. The van der Waals surface area contributed by atoms with Gasteiger partial charge in [0.2, 0.25) is 5.91 Å². The molecule has 0 aromatic heterocycles. The van der Waals surface area contributed by atoms with Crippen molar-refractivity contribution in [1.29, 1.82) is 0 Å². The van der Waals surface area contributed by atoms with E-state index < -0.39 is 11.9 Å². The van der Waals surface area contributed by atoms with E-state index >= 15 is 0 Å². The fourth-order valence-corrected chi connectivity index (χ4v) is 4.01. The zero-order valence-electron chi connectivity index (χ0n) is 18.0. The smallest absolute Gasteiger partial charge is 0.414 e. The number of carboxylic acid groups (broad SMARTS) is 2. The zero-order chi connectivity index (χ0) is 22.1. The van der Waals surface area contributed by atoms with Crippen LogP contribution in [-0.2, 0) is 20.9 Å². The molecule has 1 aromatic rings. The fraction of sp³-hybridized carbons (Fsp3) is 0.609. The van der Waals surface area contributed by atoms with Gasteiger partial charge in [0, 0.05) is 18.5 Å². The molecule has 1 saturated carbocycles. The van der Waals surface area contributed by atoms with Gasteiger partial charge in [-0.25, -0.2) is 9.59 Å². The number of benzene rings is 1. The third kappa shape index (κ3) is 7.78. The van der Waals surface area contributed by atoms with Crippen LogP contribution in [0, 0.1) is 5.92 Å². The van der Waals surface area contributed by atoms with Crippen LogP contribution >= 0.6 is 0 Å². The van der Waals surface area contributed by atoms with E-state index in [-0.39, 0.29) is 5.92 Å². The number of aliphatic carboxylic acids is 2. The normalized spacial score (nSPS) is 18.0. The lowest BCUT2D eigenvalue weighted by Gasteiger charge is -2.32. The molecule has 1 saturated heterocycles. The van der Waals surface area contributed by atoms with Crippen LogP contribution in [0.2, 0.25) is 0 Å². The lowest BCUT2D eigenvalue weighted by atomic mass is 9.95. The molecule has 0 bridgehead atoms. The highest BCUT2D eigenvalue weighted by atomic mass is 16.4. The summed E-state index contributed by atoms with van der Waals surface area (Å²) >= 11 is 0. The van der Waals surface area contributed by atoms with Gasteiger partial charge in [-0.1, -0.05) is 51.0 Å². The Balaban J connectivity index is 0.000000469. The van der Waals surface area contributed by atoms with Crippen molar-refractivity contribution in [2.75, 3.05) is 13.1 Å². The number of likely N-dealkylation sites (tertiary alicyclic amines) is 1. The van der Waals surface area contributed by atoms with Crippen LogP contribution in [0.5, 0.6) is 0 Å². The molecule has 30 heavy (non-hydrogen) atoms. The second-order valence-electron chi connectivity index (χ2n) is 8.55. The quantitative estimate of drug-likeness (QED) is 0.634. The number of piperidine rings is 1. The molecule has 1 aliphatic carbocycles. The van der Waals surface area contributed by atoms with Gasteiger partial charge in [0.1, 0.15) is 0 Å². The van der Waals surface area contributed by atoms with E-state index in [4.69, 9.17) is 19.8 Å². The number of amides is 1. The molecule has 7 nitrogen and oxygen atoms in total. The minimum atomic E-state index is -1.82. The van der Waals surface area contributed by atoms with Crippen LogP contribution in [0.15, 0.2) is 24.3 Å². The molecule has 2 aliphatic rings. The second-order valence-corrected chi connectivity index (χ2v) is 8.55. The first-order valence-corrected chi connectivity index (χ1v) is 10.8. The highest BCUT2D eigenvalue weighted by Crippen LogP contribution is 2.23. The second kappa shape index (κ2) is 11.7. The number of nitrogens with zero attached hydrogens (tertiary/aromatic N) is 1. The number of carbonyl (C=O) groups is 3. The average Bonchev–Trinajstić information content (AvgIpc) is 3.22. The van der Waals surface area contributed by atoms with Gasteiger partial charge in [-0.05, 0) is 55.8 Å². The fourth-order valence-electron chi connectivity index (χ4n) is 4.01. The van der Waals surface area contributed by atoms with Gasteiger partial charge in [0.15, 0.2) is 0 Å². The van der Waals surface area contributed by atoms with Crippen LogP contribution in [0.4, 0.5) is 0 Å². The minimum absolute atomic E-state index is 0.227. The molecule has 1 aliphatic heterocycles. The molecule has 2 fully saturated rings. The summed E-state index contributed by atoms with van der Waals surface area (Å²) in [4.78, 5) is 33.1. The maximum Gasteiger partial charge on any atom is 0.414 e. The molecule has 0 atom stereocenters. The standard InChI is InChI=1S/C21H32N2O.C2H2O4/c1-16(2)18-9-7-17(8-10-18)15-23-13-11-19(12-14-23)21(24)22-20-5-3-4-6-20;3-1(4)2(5)6/h7-10,16,19-20H,3-6,11-15H2,1-2H3,(H,22,24);(H,3,4)(H,5,6). The van der Waals surface area contributed by atoms with Crippen molar-refractivity contribution < 1.29 is 24.6 Å². The van der Waals surface area contributed by atoms with Crippen molar-refractivity contribution in [1.82, 2.24) is 10.2 Å². The van der Waals surface area contributed by atoms with Gasteiger partial charge in [0.05, 0.1) is 0 Å². The van der Waals surface area contributed by atoms with Crippen molar-refractivity contribution in [3.05, 3.63) is 35.4 Å². The third-order valence-corrected chi connectivity index (χ3v) is 5.90. The maximum absolute atomic E-state index is 12.4. The van der Waals surface area contributed by atoms with E-state index in [1.807, 2.05) is 0 Å². The Morgan fingerprint density at radius 2 is 1.50 bits per heavy atom. The summed E-state index contributed by atoms with van der Waals surface area (Å²) in [6.45, 7) is 7.55. The Hall–Kier alpha value is -2.41. The van der Waals surface area contributed by atoms with Gasteiger partial charge >= 0.3 is 11.9 Å². The summed E-state index contributed by atoms with van der Waals surface area (Å²) in [5, 5.41) is 18.1. The predicted molar refractivity (Wildman–Crippen MR) is 114 cm³/mol. The van der Waals surface area contributed by atoms with Crippen LogP contribution in [0.25, 0.3) is 0 Å². The van der Waals surface area contributed by atoms with Crippen molar-refractivity contribution in [3.8, 4) is 0 Å². The zero-order valence-corrected chi connectivity index (χ0v) is 18.0. The summed E-state index contributed by atoms with van der Waals surface area (Å²) < 4.78 is 0. The average molecular weight is 419 g/mol. The van der Waals surface area contributed by atoms with E-state index in [2.05, 4.69) is 48.3 Å². The largest absolute Gasteiger partial charge is 0.473 e. The van der Waals surface area contributed by atoms with E-state index in [9.17, 15) is 4.79 Å². The van der Waals surface area contributed by atoms with E-state index in [0.29, 0.717) is 17.9 Å². The Morgan fingerprint density at radius 1 is 0.967 bits per heavy atom. The Bertz CT molecular complexity index is 691. The van der Waals surface area contributed by atoms with Crippen molar-refractivity contribution in [2.24, 2.45) is 5.92 Å². The molecule has 1 heterocycles. The number of hydrogen-bond acceptors (Lipinski definition) is 4. The monoisotopic (exact) mass is 418 g/mol. The first-order chi connectivity index (χ1) is 14.3. The van der Waals surface area contributed by atoms with E-state index in [1.54, 1.807) is 0 Å². The molecule has 1 amide bonds. The van der Waals surface area contributed by atoms with E-state index in [0.717, 1.165) is 32.5 Å². The molecule has 166 valence electrons. The molecule has 1 aromatic carbocycles. The Kier molecular flexibility index (Phi) is 9.30. The molecule has 3 N–H and O–H groups in total. The van der Waals surface area contributed by atoms with Gasteiger partial charge in [-0.2, -0.15) is 0 Å². The third-order valence-electron chi connectivity index (χ3n) is 5.90. The maximum atomic E-state index is 12.4. The first kappa shape index (κ1) is 23.9.